The van der Waals surface area contributed by atoms with Crippen LogP contribution in [0, 0.1) is 0 Å². The zero-order valence-electron chi connectivity index (χ0n) is 9.55. The minimum absolute atomic E-state index is 1.13. The molecule has 0 aromatic carbocycles. The summed E-state index contributed by atoms with van der Waals surface area (Å²) in [5.41, 5.74) is 3.20. The number of fused-ring (bicyclic) bond motifs is 1. The van der Waals surface area contributed by atoms with Gasteiger partial charge in [-0.1, -0.05) is 44.6 Å². The Morgan fingerprint density at radius 2 is 1.71 bits per heavy atom. The highest BCUT2D eigenvalue weighted by atomic mass is 14.2. The van der Waals surface area contributed by atoms with Crippen LogP contribution in [0.15, 0.2) is 35.5 Å². The zero-order chi connectivity index (χ0) is 10.2. The first-order valence-electron chi connectivity index (χ1n) is 5.93. The van der Waals surface area contributed by atoms with Crippen LogP contribution in [-0.2, 0) is 0 Å². The van der Waals surface area contributed by atoms with Gasteiger partial charge < -0.3 is 0 Å². The second-order valence-electron chi connectivity index (χ2n) is 4.00. The Kier molecular flexibility index (Phi) is 5.36. The van der Waals surface area contributed by atoms with Gasteiger partial charge in [0.15, 0.2) is 0 Å². The maximum atomic E-state index is 2.38. The molecule has 1 fully saturated rings. The standard InChI is InChI=1S/C11H14.C3H8/c1-2-6-10-8-4-5-9-11(10)7-3-1;1-3-2/h1-2,6-7H,3-5,8-9H2;3H2,1-2H3. The van der Waals surface area contributed by atoms with Gasteiger partial charge in [-0.15, -0.1) is 0 Å². The fourth-order valence-corrected chi connectivity index (χ4v) is 1.85. The minimum atomic E-state index is 1.13. The molecule has 1 saturated carbocycles. The van der Waals surface area contributed by atoms with E-state index in [0.717, 1.165) is 6.42 Å². The number of allylic oxidation sites excluding steroid dienone is 6. The van der Waals surface area contributed by atoms with Crippen LogP contribution in [0.25, 0.3) is 0 Å². The highest BCUT2D eigenvalue weighted by molar-refractivity contribution is 5.37. The van der Waals surface area contributed by atoms with Gasteiger partial charge in [-0.3, -0.25) is 0 Å². The number of rotatable bonds is 0. The van der Waals surface area contributed by atoms with Gasteiger partial charge in [-0.05, 0) is 43.3 Å². The van der Waals surface area contributed by atoms with Crippen molar-refractivity contribution in [1.82, 2.24) is 0 Å². The van der Waals surface area contributed by atoms with E-state index < -0.39 is 0 Å². The molecule has 0 radical (unpaired) electrons. The summed E-state index contributed by atoms with van der Waals surface area (Å²) in [4.78, 5) is 0. The molecule has 0 heterocycles. The van der Waals surface area contributed by atoms with E-state index in [0.29, 0.717) is 0 Å². The molecule has 0 nitrogen and oxygen atoms in total. The average Bonchev–Trinajstić information content (AvgIpc) is 2.43. The first-order valence-corrected chi connectivity index (χ1v) is 5.93. The molecule has 2 aliphatic carbocycles. The third-order valence-electron chi connectivity index (χ3n) is 2.49. The van der Waals surface area contributed by atoms with Gasteiger partial charge in [-0.25, -0.2) is 0 Å². The van der Waals surface area contributed by atoms with Crippen LogP contribution >= 0.6 is 0 Å². The quantitative estimate of drug-likeness (QED) is 0.515. The molecule has 0 unspecified atom stereocenters. The molecule has 0 N–H and O–H groups in total. The third kappa shape index (κ3) is 3.53. The molecule has 0 heteroatoms. The summed E-state index contributed by atoms with van der Waals surface area (Å²) in [5.74, 6) is 0. The molecule has 2 aliphatic rings. The smallest absolute Gasteiger partial charge is 0.0160 e. The van der Waals surface area contributed by atoms with Crippen molar-refractivity contribution in [3.63, 3.8) is 0 Å². The lowest BCUT2D eigenvalue weighted by atomic mass is 9.89. The Balaban J connectivity index is 0.000000293. The second kappa shape index (κ2) is 6.64. The fourth-order valence-electron chi connectivity index (χ4n) is 1.85. The van der Waals surface area contributed by atoms with Crippen molar-refractivity contribution in [2.45, 2.75) is 52.4 Å². The Labute approximate surface area is 88.4 Å². The van der Waals surface area contributed by atoms with Gasteiger partial charge in [0.1, 0.15) is 0 Å². The van der Waals surface area contributed by atoms with Gasteiger partial charge in [0.05, 0.1) is 0 Å². The summed E-state index contributed by atoms with van der Waals surface area (Å²) < 4.78 is 0. The van der Waals surface area contributed by atoms with Gasteiger partial charge in [-0.2, -0.15) is 0 Å². The van der Waals surface area contributed by atoms with Crippen molar-refractivity contribution in [3.8, 4) is 0 Å². The summed E-state index contributed by atoms with van der Waals surface area (Å²) in [6.45, 7) is 4.25. The molecule has 14 heavy (non-hydrogen) atoms. The maximum absolute atomic E-state index is 2.38. The minimum Gasteiger partial charge on any atom is -0.0807 e. The Morgan fingerprint density at radius 1 is 1.07 bits per heavy atom. The number of hydrogen-bond donors (Lipinski definition) is 0. The van der Waals surface area contributed by atoms with Gasteiger partial charge in [0.25, 0.3) is 0 Å². The first kappa shape index (κ1) is 11.3. The van der Waals surface area contributed by atoms with E-state index in [1.54, 1.807) is 11.1 Å². The van der Waals surface area contributed by atoms with Crippen molar-refractivity contribution in [2.75, 3.05) is 0 Å². The average molecular weight is 190 g/mol. The predicted octanol–water partition coefficient (Wildman–Crippen LogP) is 4.79. The lowest BCUT2D eigenvalue weighted by Crippen LogP contribution is -1.97. The van der Waals surface area contributed by atoms with Gasteiger partial charge in [0, 0.05) is 0 Å². The van der Waals surface area contributed by atoms with E-state index in [1.807, 2.05) is 0 Å². The van der Waals surface area contributed by atoms with Crippen LogP contribution in [-0.4, -0.2) is 0 Å². The molecule has 0 spiro atoms. The van der Waals surface area contributed by atoms with Crippen LogP contribution in [0.3, 0.4) is 0 Å². The molecular weight excluding hydrogens is 168 g/mol. The Bertz CT molecular complexity index is 241. The lowest BCUT2D eigenvalue weighted by molar-refractivity contribution is 0.678. The molecule has 0 aromatic heterocycles. The molecule has 0 amide bonds. The van der Waals surface area contributed by atoms with E-state index in [9.17, 15) is 0 Å². The van der Waals surface area contributed by atoms with Crippen LogP contribution in [0.4, 0.5) is 0 Å². The molecule has 0 atom stereocenters. The van der Waals surface area contributed by atoms with E-state index in [-0.39, 0.29) is 0 Å². The van der Waals surface area contributed by atoms with Crippen molar-refractivity contribution in [3.05, 3.63) is 35.5 Å². The van der Waals surface area contributed by atoms with Crippen molar-refractivity contribution in [1.29, 1.82) is 0 Å². The normalized spacial score (nSPS) is 19.6. The predicted molar refractivity (Wildman–Crippen MR) is 64.4 cm³/mol. The monoisotopic (exact) mass is 190 g/mol. The first-order chi connectivity index (χ1) is 6.88. The van der Waals surface area contributed by atoms with Crippen molar-refractivity contribution < 1.29 is 0 Å². The third-order valence-corrected chi connectivity index (χ3v) is 2.49. The highest BCUT2D eigenvalue weighted by Crippen LogP contribution is 2.29. The highest BCUT2D eigenvalue weighted by Gasteiger charge is 2.10. The number of hydrogen-bond acceptors (Lipinski definition) is 0. The lowest BCUT2D eigenvalue weighted by Gasteiger charge is -2.16. The van der Waals surface area contributed by atoms with Crippen LogP contribution in [0.2, 0.25) is 0 Å². The van der Waals surface area contributed by atoms with E-state index in [2.05, 4.69) is 38.2 Å². The van der Waals surface area contributed by atoms with Crippen LogP contribution < -0.4 is 0 Å². The second-order valence-corrected chi connectivity index (χ2v) is 4.00. The molecule has 2 rings (SSSR count). The van der Waals surface area contributed by atoms with E-state index in [1.165, 1.54) is 32.1 Å². The maximum Gasteiger partial charge on any atom is -0.0160 e. The van der Waals surface area contributed by atoms with E-state index >= 15 is 0 Å². The fraction of sp³-hybridized carbons (Fsp3) is 0.571. The molecule has 78 valence electrons. The molecule has 0 bridgehead atoms. The summed E-state index contributed by atoms with van der Waals surface area (Å²) in [6.07, 6.45) is 16.9. The van der Waals surface area contributed by atoms with Crippen LogP contribution in [0.1, 0.15) is 52.4 Å². The summed E-state index contributed by atoms with van der Waals surface area (Å²) in [6, 6.07) is 0. The van der Waals surface area contributed by atoms with Crippen molar-refractivity contribution >= 4 is 0 Å². The molecular formula is C14H22. The Morgan fingerprint density at radius 3 is 2.43 bits per heavy atom. The summed E-state index contributed by atoms with van der Waals surface area (Å²) in [7, 11) is 0. The summed E-state index contributed by atoms with van der Waals surface area (Å²) >= 11 is 0. The van der Waals surface area contributed by atoms with E-state index in [4.69, 9.17) is 0 Å². The topological polar surface area (TPSA) is 0 Å². The summed E-state index contributed by atoms with van der Waals surface area (Å²) in [5, 5.41) is 0. The van der Waals surface area contributed by atoms with Gasteiger partial charge in [0.2, 0.25) is 0 Å². The van der Waals surface area contributed by atoms with Crippen LogP contribution in [0.5, 0.6) is 0 Å². The van der Waals surface area contributed by atoms with Gasteiger partial charge >= 0.3 is 0 Å². The molecule has 0 saturated heterocycles. The molecule has 0 aromatic rings. The SMILES string of the molecule is C1=CCC=C2CCCCC2=C1.CCC. The molecule has 0 aliphatic heterocycles. The van der Waals surface area contributed by atoms with Crippen molar-refractivity contribution in [2.24, 2.45) is 0 Å². The Hall–Kier alpha value is -0.780. The zero-order valence-corrected chi connectivity index (χ0v) is 9.55. The largest absolute Gasteiger partial charge is 0.0807 e.